The number of nitrogen functional groups attached to an aromatic ring is 1. The Morgan fingerprint density at radius 1 is 1.61 bits per heavy atom. The van der Waals surface area contributed by atoms with E-state index in [-0.39, 0.29) is 5.97 Å². The van der Waals surface area contributed by atoms with Gasteiger partial charge in [0.15, 0.2) is 0 Å². The summed E-state index contributed by atoms with van der Waals surface area (Å²) < 4.78 is 4.99. The number of rotatable bonds is 6. The molecule has 1 fully saturated rings. The molecule has 1 aromatic rings. The molecule has 1 aliphatic carbocycles. The number of carbonyl (C=O) groups excluding carboxylic acids is 1. The molecule has 0 radical (unpaired) electrons. The van der Waals surface area contributed by atoms with Crippen LogP contribution in [0.25, 0.3) is 0 Å². The summed E-state index contributed by atoms with van der Waals surface area (Å²) in [6.07, 6.45) is 5.31. The lowest BCUT2D eigenvalue weighted by atomic mass is 10.2. The molecular formula is C13H19N3O2. The van der Waals surface area contributed by atoms with Crippen molar-refractivity contribution in [3.8, 4) is 0 Å². The molecule has 0 atom stereocenters. The molecule has 5 heteroatoms. The van der Waals surface area contributed by atoms with Crippen LogP contribution in [0.2, 0.25) is 0 Å². The summed E-state index contributed by atoms with van der Waals surface area (Å²) in [5, 5.41) is 3.18. The Hall–Kier alpha value is -1.78. The Bertz CT molecular complexity index is 430. The van der Waals surface area contributed by atoms with E-state index < -0.39 is 0 Å². The van der Waals surface area contributed by atoms with Gasteiger partial charge in [0.25, 0.3) is 0 Å². The normalized spacial score (nSPS) is 14.3. The van der Waals surface area contributed by atoms with Crippen molar-refractivity contribution in [3.63, 3.8) is 0 Å². The highest BCUT2D eigenvalue weighted by molar-refractivity contribution is 5.95. The lowest BCUT2D eigenvalue weighted by Gasteiger charge is -2.10. The number of hydrogen-bond donors (Lipinski definition) is 2. The summed E-state index contributed by atoms with van der Waals surface area (Å²) >= 11 is 0. The number of esters is 1. The second kappa shape index (κ2) is 5.71. The van der Waals surface area contributed by atoms with Crippen molar-refractivity contribution in [2.24, 2.45) is 5.92 Å². The van der Waals surface area contributed by atoms with Crippen LogP contribution in [0.15, 0.2) is 12.3 Å². The monoisotopic (exact) mass is 249 g/mol. The number of aromatic nitrogens is 1. The molecule has 0 unspecified atom stereocenters. The highest BCUT2D eigenvalue weighted by atomic mass is 16.5. The smallest absolute Gasteiger partial charge is 0.341 e. The van der Waals surface area contributed by atoms with E-state index in [1.807, 2.05) is 0 Å². The van der Waals surface area contributed by atoms with Gasteiger partial charge in [0.1, 0.15) is 11.4 Å². The first-order chi connectivity index (χ1) is 8.70. The molecule has 5 nitrogen and oxygen atoms in total. The molecule has 1 heterocycles. The van der Waals surface area contributed by atoms with E-state index in [0.29, 0.717) is 23.7 Å². The van der Waals surface area contributed by atoms with E-state index in [1.165, 1.54) is 12.8 Å². The van der Waals surface area contributed by atoms with Gasteiger partial charge in [0, 0.05) is 6.54 Å². The standard InChI is InChI=1S/C13H19N3O2/c1-2-18-13(17)11-7-10(14)8-16-12(11)15-6-5-9-3-4-9/h7-9H,2-6,14H2,1H3,(H,15,16). The number of anilines is 2. The fourth-order valence-corrected chi connectivity index (χ4v) is 1.79. The molecular weight excluding hydrogens is 230 g/mol. The van der Waals surface area contributed by atoms with E-state index in [9.17, 15) is 4.79 Å². The fourth-order valence-electron chi connectivity index (χ4n) is 1.79. The first-order valence-electron chi connectivity index (χ1n) is 6.37. The number of nitrogens with one attached hydrogen (secondary N) is 1. The first kappa shape index (κ1) is 12.7. The summed E-state index contributed by atoms with van der Waals surface area (Å²) in [7, 11) is 0. The molecule has 0 spiro atoms. The van der Waals surface area contributed by atoms with Crippen molar-refractivity contribution in [2.45, 2.75) is 26.2 Å². The van der Waals surface area contributed by atoms with Crippen LogP contribution in [-0.4, -0.2) is 24.1 Å². The maximum absolute atomic E-state index is 11.8. The Morgan fingerprint density at radius 2 is 2.39 bits per heavy atom. The van der Waals surface area contributed by atoms with E-state index in [4.69, 9.17) is 10.5 Å². The molecule has 1 aromatic heterocycles. The molecule has 3 N–H and O–H groups in total. The van der Waals surface area contributed by atoms with Gasteiger partial charge in [-0.2, -0.15) is 0 Å². The van der Waals surface area contributed by atoms with Crippen molar-refractivity contribution in [3.05, 3.63) is 17.8 Å². The molecule has 0 aliphatic heterocycles. The van der Waals surface area contributed by atoms with Gasteiger partial charge in [0.05, 0.1) is 18.5 Å². The molecule has 0 bridgehead atoms. The highest BCUT2D eigenvalue weighted by Gasteiger charge is 2.21. The Kier molecular flexibility index (Phi) is 4.02. The second-order valence-electron chi connectivity index (χ2n) is 4.54. The zero-order valence-corrected chi connectivity index (χ0v) is 10.6. The topological polar surface area (TPSA) is 77.2 Å². The number of pyridine rings is 1. The minimum atomic E-state index is -0.383. The van der Waals surface area contributed by atoms with Gasteiger partial charge in [-0.3, -0.25) is 0 Å². The largest absolute Gasteiger partial charge is 0.462 e. The third-order valence-electron chi connectivity index (χ3n) is 2.95. The number of carbonyl (C=O) groups is 1. The van der Waals surface area contributed by atoms with Crippen LogP contribution in [-0.2, 0) is 4.74 Å². The van der Waals surface area contributed by atoms with E-state index in [1.54, 1.807) is 19.2 Å². The number of ether oxygens (including phenoxy) is 1. The average Bonchev–Trinajstić information content (AvgIpc) is 3.15. The third kappa shape index (κ3) is 3.35. The lowest BCUT2D eigenvalue weighted by molar-refractivity contribution is 0.0527. The van der Waals surface area contributed by atoms with Crippen LogP contribution in [0.5, 0.6) is 0 Å². The molecule has 18 heavy (non-hydrogen) atoms. The van der Waals surface area contributed by atoms with Crippen molar-refractivity contribution < 1.29 is 9.53 Å². The molecule has 1 aliphatic rings. The van der Waals surface area contributed by atoms with Crippen LogP contribution in [0.3, 0.4) is 0 Å². The highest BCUT2D eigenvalue weighted by Crippen LogP contribution is 2.32. The molecule has 98 valence electrons. The Balaban J connectivity index is 2.03. The Labute approximate surface area is 107 Å². The van der Waals surface area contributed by atoms with Crippen LogP contribution >= 0.6 is 0 Å². The third-order valence-corrected chi connectivity index (χ3v) is 2.95. The summed E-state index contributed by atoms with van der Waals surface area (Å²) in [5.41, 5.74) is 6.52. The Morgan fingerprint density at radius 3 is 3.06 bits per heavy atom. The summed E-state index contributed by atoms with van der Waals surface area (Å²) in [5.74, 6) is 1.02. The molecule has 0 saturated heterocycles. The SMILES string of the molecule is CCOC(=O)c1cc(N)cnc1NCCC1CC1. The van der Waals surface area contributed by atoms with Crippen molar-refractivity contribution >= 4 is 17.5 Å². The van der Waals surface area contributed by atoms with Gasteiger partial charge in [-0.25, -0.2) is 9.78 Å². The van der Waals surface area contributed by atoms with Crippen LogP contribution in [0.4, 0.5) is 11.5 Å². The van der Waals surface area contributed by atoms with Gasteiger partial charge in [-0.15, -0.1) is 0 Å². The zero-order chi connectivity index (χ0) is 13.0. The quantitative estimate of drug-likeness (QED) is 0.754. The minimum Gasteiger partial charge on any atom is -0.462 e. The summed E-state index contributed by atoms with van der Waals surface area (Å²) in [4.78, 5) is 15.9. The first-order valence-corrected chi connectivity index (χ1v) is 6.37. The molecule has 0 amide bonds. The van der Waals surface area contributed by atoms with E-state index in [0.717, 1.165) is 18.9 Å². The maximum Gasteiger partial charge on any atom is 0.341 e. The minimum absolute atomic E-state index is 0.342. The van der Waals surface area contributed by atoms with Gasteiger partial charge in [-0.1, -0.05) is 12.8 Å². The van der Waals surface area contributed by atoms with Gasteiger partial charge < -0.3 is 15.8 Å². The molecule has 0 aromatic carbocycles. The fraction of sp³-hybridized carbons (Fsp3) is 0.538. The summed E-state index contributed by atoms with van der Waals surface area (Å²) in [6.45, 7) is 2.95. The second-order valence-corrected chi connectivity index (χ2v) is 4.54. The van der Waals surface area contributed by atoms with Gasteiger partial charge in [-0.05, 0) is 25.3 Å². The number of hydrogen-bond acceptors (Lipinski definition) is 5. The predicted octanol–water partition coefficient (Wildman–Crippen LogP) is 2.05. The average molecular weight is 249 g/mol. The molecule has 2 rings (SSSR count). The predicted molar refractivity (Wildman–Crippen MR) is 70.4 cm³/mol. The van der Waals surface area contributed by atoms with Gasteiger partial charge >= 0.3 is 5.97 Å². The van der Waals surface area contributed by atoms with Crippen LogP contribution in [0, 0.1) is 5.92 Å². The maximum atomic E-state index is 11.8. The van der Waals surface area contributed by atoms with Crippen molar-refractivity contribution in [2.75, 3.05) is 24.2 Å². The van der Waals surface area contributed by atoms with Crippen molar-refractivity contribution in [1.29, 1.82) is 0 Å². The lowest BCUT2D eigenvalue weighted by Crippen LogP contribution is -2.13. The summed E-state index contributed by atoms with van der Waals surface area (Å²) in [6, 6.07) is 1.60. The molecule has 1 saturated carbocycles. The van der Waals surface area contributed by atoms with E-state index >= 15 is 0 Å². The van der Waals surface area contributed by atoms with Crippen molar-refractivity contribution in [1.82, 2.24) is 4.98 Å². The van der Waals surface area contributed by atoms with E-state index in [2.05, 4.69) is 10.3 Å². The van der Waals surface area contributed by atoms with Gasteiger partial charge in [0.2, 0.25) is 0 Å². The van der Waals surface area contributed by atoms with Crippen LogP contribution in [0.1, 0.15) is 36.5 Å². The number of nitrogens with two attached hydrogens (primary N) is 1. The van der Waals surface area contributed by atoms with Crippen LogP contribution < -0.4 is 11.1 Å². The number of nitrogens with zero attached hydrogens (tertiary/aromatic N) is 1. The zero-order valence-electron chi connectivity index (χ0n) is 10.6.